The summed E-state index contributed by atoms with van der Waals surface area (Å²) in [6.45, 7) is 0.791. The number of nitrogens with one attached hydrogen (secondary N) is 2. The number of carbonyl (C=O) groups excluding carboxylic acids is 3. The zero-order chi connectivity index (χ0) is 22.9. The van der Waals surface area contributed by atoms with Gasteiger partial charge in [0.15, 0.2) is 0 Å². The van der Waals surface area contributed by atoms with E-state index in [0.717, 1.165) is 37.1 Å². The number of methoxy groups -OCH3 is 1. The van der Waals surface area contributed by atoms with Crippen LogP contribution in [0.5, 0.6) is 0 Å². The molecule has 2 rings (SSSR count). The van der Waals surface area contributed by atoms with Gasteiger partial charge in [0, 0.05) is 12.1 Å². The van der Waals surface area contributed by atoms with Crippen LogP contribution in [0.1, 0.15) is 54.4 Å². The largest absolute Gasteiger partial charge is 0.467 e. The Balaban J connectivity index is 2.16. The standard InChI is InChI=1S/C23H35N3O4S/c1-26(2)16-17-8-10-18(11-9-17)20(27)25-23(13-6-5-7-14-23)22(29)24-19(12-15-31-4)21(28)30-3/h8-11,19H,5-7,12-16H2,1-4H3,(H,24,29)(H,25,27)/t19-/m0/s1. The van der Waals surface area contributed by atoms with E-state index in [9.17, 15) is 14.4 Å². The molecule has 1 atom stereocenters. The molecule has 0 unspecified atom stereocenters. The number of ether oxygens (including phenoxy) is 1. The zero-order valence-corrected chi connectivity index (χ0v) is 19.8. The van der Waals surface area contributed by atoms with E-state index in [1.165, 1.54) is 7.11 Å². The van der Waals surface area contributed by atoms with Crippen LogP contribution in [-0.2, 0) is 20.9 Å². The molecule has 1 saturated carbocycles. The van der Waals surface area contributed by atoms with E-state index in [1.54, 1.807) is 23.9 Å². The van der Waals surface area contributed by atoms with E-state index in [0.29, 0.717) is 24.8 Å². The summed E-state index contributed by atoms with van der Waals surface area (Å²) in [7, 11) is 5.30. The highest BCUT2D eigenvalue weighted by Crippen LogP contribution is 2.29. The molecule has 0 saturated heterocycles. The molecular formula is C23H35N3O4S. The highest BCUT2D eigenvalue weighted by molar-refractivity contribution is 7.98. The molecule has 8 heteroatoms. The first-order valence-electron chi connectivity index (χ1n) is 10.7. The fraction of sp³-hybridized carbons (Fsp3) is 0.609. The first-order chi connectivity index (χ1) is 14.8. The summed E-state index contributed by atoms with van der Waals surface area (Å²) in [4.78, 5) is 40.5. The van der Waals surface area contributed by atoms with Crippen molar-refractivity contribution in [3.8, 4) is 0 Å². The predicted octanol–water partition coefficient (Wildman–Crippen LogP) is 2.59. The Morgan fingerprint density at radius 1 is 1.13 bits per heavy atom. The molecule has 1 fully saturated rings. The van der Waals surface area contributed by atoms with Crippen molar-refractivity contribution in [2.24, 2.45) is 0 Å². The maximum atomic E-state index is 13.3. The van der Waals surface area contributed by atoms with Gasteiger partial charge in [-0.15, -0.1) is 0 Å². The van der Waals surface area contributed by atoms with Crippen LogP contribution in [0.2, 0.25) is 0 Å². The van der Waals surface area contributed by atoms with Gasteiger partial charge in [-0.3, -0.25) is 9.59 Å². The van der Waals surface area contributed by atoms with E-state index >= 15 is 0 Å². The third-order valence-electron chi connectivity index (χ3n) is 5.61. The molecule has 0 aliphatic heterocycles. The van der Waals surface area contributed by atoms with Gasteiger partial charge in [0.1, 0.15) is 11.6 Å². The Morgan fingerprint density at radius 3 is 2.32 bits per heavy atom. The average Bonchev–Trinajstić information content (AvgIpc) is 2.76. The lowest BCUT2D eigenvalue weighted by Crippen LogP contribution is -2.62. The van der Waals surface area contributed by atoms with Crippen molar-refractivity contribution in [2.75, 3.05) is 33.2 Å². The minimum absolute atomic E-state index is 0.271. The topological polar surface area (TPSA) is 87.7 Å². The Morgan fingerprint density at radius 2 is 1.77 bits per heavy atom. The minimum Gasteiger partial charge on any atom is -0.467 e. The van der Waals surface area contributed by atoms with Crippen LogP contribution in [0, 0.1) is 0 Å². The number of esters is 1. The minimum atomic E-state index is -1.01. The van der Waals surface area contributed by atoms with E-state index in [1.807, 2.05) is 32.5 Å². The summed E-state index contributed by atoms with van der Waals surface area (Å²) < 4.78 is 4.87. The number of thioether (sulfide) groups is 1. The van der Waals surface area contributed by atoms with Crippen molar-refractivity contribution in [3.63, 3.8) is 0 Å². The number of hydrogen-bond donors (Lipinski definition) is 2. The van der Waals surface area contributed by atoms with Crippen molar-refractivity contribution < 1.29 is 19.1 Å². The summed E-state index contributed by atoms with van der Waals surface area (Å²) >= 11 is 1.60. The lowest BCUT2D eigenvalue weighted by atomic mass is 9.80. The van der Waals surface area contributed by atoms with E-state index < -0.39 is 17.6 Å². The molecule has 0 aromatic heterocycles. The number of rotatable bonds is 10. The molecule has 31 heavy (non-hydrogen) atoms. The first kappa shape index (κ1) is 25.2. The van der Waals surface area contributed by atoms with Gasteiger partial charge in [0.05, 0.1) is 7.11 Å². The monoisotopic (exact) mass is 449 g/mol. The maximum Gasteiger partial charge on any atom is 0.328 e. The second-order valence-corrected chi connectivity index (χ2v) is 9.35. The molecule has 0 bridgehead atoms. The third kappa shape index (κ3) is 7.25. The first-order valence-corrected chi connectivity index (χ1v) is 12.1. The molecule has 1 aliphatic carbocycles. The third-order valence-corrected chi connectivity index (χ3v) is 6.26. The van der Waals surface area contributed by atoms with Gasteiger partial charge in [-0.2, -0.15) is 11.8 Å². The molecule has 0 radical (unpaired) electrons. The second kappa shape index (κ2) is 12.1. The lowest BCUT2D eigenvalue weighted by Gasteiger charge is -2.37. The van der Waals surface area contributed by atoms with Gasteiger partial charge >= 0.3 is 5.97 Å². The number of nitrogens with zero attached hydrogens (tertiary/aromatic N) is 1. The van der Waals surface area contributed by atoms with E-state index in [-0.39, 0.29) is 11.8 Å². The maximum absolute atomic E-state index is 13.3. The SMILES string of the molecule is COC(=O)[C@H](CCSC)NC(=O)C1(NC(=O)c2ccc(CN(C)C)cc2)CCCCC1. The van der Waals surface area contributed by atoms with Gasteiger partial charge in [0.25, 0.3) is 5.91 Å². The molecule has 0 spiro atoms. The summed E-state index contributed by atoms with van der Waals surface area (Å²) in [5.74, 6) is -0.316. The molecule has 1 aromatic rings. The van der Waals surface area contributed by atoms with E-state index in [2.05, 4.69) is 15.5 Å². The fourth-order valence-electron chi connectivity index (χ4n) is 3.90. The number of hydrogen-bond acceptors (Lipinski definition) is 6. The van der Waals surface area contributed by atoms with Gasteiger partial charge < -0.3 is 20.3 Å². The highest BCUT2D eigenvalue weighted by Gasteiger charge is 2.42. The van der Waals surface area contributed by atoms with Crippen LogP contribution in [0.25, 0.3) is 0 Å². The number of benzene rings is 1. The van der Waals surface area contributed by atoms with Crippen LogP contribution < -0.4 is 10.6 Å². The van der Waals surface area contributed by atoms with Crippen LogP contribution in [0.4, 0.5) is 0 Å². The van der Waals surface area contributed by atoms with Gasteiger partial charge in [0.2, 0.25) is 5.91 Å². The summed E-state index contributed by atoms with van der Waals surface area (Å²) in [6.07, 6.45) is 6.27. The van der Waals surface area contributed by atoms with Gasteiger partial charge in [-0.1, -0.05) is 31.4 Å². The van der Waals surface area contributed by atoms with Gasteiger partial charge in [-0.25, -0.2) is 4.79 Å². The predicted molar refractivity (Wildman–Crippen MR) is 124 cm³/mol. The molecule has 2 N–H and O–H groups in total. The number of amides is 2. The normalized spacial score (nSPS) is 16.4. The van der Waals surface area contributed by atoms with Crippen LogP contribution >= 0.6 is 11.8 Å². The molecule has 172 valence electrons. The molecule has 0 heterocycles. The Labute approximate surface area is 189 Å². The Hall–Kier alpha value is -2.06. The van der Waals surface area contributed by atoms with Crippen LogP contribution in [0.15, 0.2) is 24.3 Å². The zero-order valence-electron chi connectivity index (χ0n) is 19.0. The molecule has 7 nitrogen and oxygen atoms in total. The molecule has 1 aromatic carbocycles. The average molecular weight is 450 g/mol. The van der Waals surface area contributed by atoms with Crippen molar-refractivity contribution in [1.82, 2.24) is 15.5 Å². The molecule has 1 aliphatic rings. The summed E-state index contributed by atoms with van der Waals surface area (Å²) in [5, 5.41) is 5.86. The smallest absolute Gasteiger partial charge is 0.328 e. The summed E-state index contributed by atoms with van der Waals surface area (Å²) in [6, 6.07) is 6.72. The van der Waals surface area contributed by atoms with Crippen molar-refractivity contribution in [2.45, 2.75) is 56.7 Å². The molecule has 2 amide bonds. The fourth-order valence-corrected chi connectivity index (χ4v) is 4.38. The Bertz CT molecular complexity index is 746. The van der Waals surface area contributed by atoms with E-state index in [4.69, 9.17) is 4.74 Å². The van der Waals surface area contributed by atoms with Crippen LogP contribution in [0.3, 0.4) is 0 Å². The second-order valence-electron chi connectivity index (χ2n) is 8.36. The van der Waals surface area contributed by atoms with Crippen molar-refractivity contribution >= 4 is 29.5 Å². The van der Waals surface area contributed by atoms with Crippen molar-refractivity contribution in [1.29, 1.82) is 0 Å². The Kier molecular flexibility index (Phi) is 9.84. The summed E-state index contributed by atoms with van der Waals surface area (Å²) in [5.41, 5.74) is 0.622. The number of carbonyl (C=O) groups is 3. The van der Waals surface area contributed by atoms with Crippen LogP contribution in [-0.4, -0.2) is 67.5 Å². The van der Waals surface area contributed by atoms with Gasteiger partial charge in [-0.05, 0) is 63.1 Å². The van der Waals surface area contributed by atoms with Crippen molar-refractivity contribution in [3.05, 3.63) is 35.4 Å². The quantitative estimate of drug-likeness (QED) is 0.534. The molecular weight excluding hydrogens is 414 g/mol. The highest BCUT2D eigenvalue weighted by atomic mass is 32.2. The lowest BCUT2D eigenvalue weighted by molar-refractivity contribution is -0.146.